The Morgan fingerprint density at radius 1 is 0.865 bits per heavy atom. The molecule has 1 aliphatic rings. The molecule has 0 radical (unpaired) electrons. The van der Waals surface area contributed by atoms with Gasteiger partial charge in [-0.25, -0.2) is 8.42 Å². The van der Waals surface area contributed by atoms with Gasteiger partial charge >= 0.3 is 0 Å². The largest absolute Gasteiger partial charge is 0.348 e. The van der Waals surface area contributed by atoms with E-state index >= 15 is 0 Å². The summed E-state index contributed by atoms with van der Waals surface area (Å²) in [6, 6.07) is 21.2. The summed E-state index contributed by atoms with van der Waals surface area (Å²) in [6.45, 7) is 7.69. The number of carbonyl (C=O) groups excluding carboxylic acids is 1. The second-order valence-electron chi connectivity index (χ2n) is 10.00. The van der Waals surface area contributed by atoms with E-state index in [9.17, 15) is 13.2 Å². The van der Waals surface area contributed by atoms with Crippen LogP contribution in [-0.2, 0) is 29.7 Å². The van der Waals surface area contributed by atoms with Crippen molar-refractivity contribution < 1.29 is 13.2 Å². The third kappa shape index (κ3) is 6.99. The lowest BCUT2D eigenvalue weighted by atomic mass is 10.0. The molecule has 0 spiro atoms. The Balaban J connectivity index is 1.42. The molecule has 1 N–H and O–H groups in total. The molecular formula is C30H37N3O3S. The molecule has 196 valence electrons. The molecule has 6 nitrogen and oxygen atoms in total. The molecule has 3 aromatic carbocycles. The molecule has 0 aromatic heterocycles. The molecule has 1 heterocycles. The van der Waals surface area contributed by atoms with Gasteiger partial charge in [-0.3, -0.25) is 14.0 Å². The highest BCUT2D eigenvalue weighted by molar-refractivity contribution is 7.92. The Kier molecular flexibility index (Phi) is 8.67. The third-order valence-corrected chi connectivity index (χ3v) is 8.14. The number of anilines is 1. The minimum Gasteiger partial charge on any atom is -0.348 e. The lowest BCUT2D eigenvalue weighted by Crippen LogP contribution is -2.30. The molecule has 3 aromatic rings. The first-order valence-electron chi connectivity index (χ1n) is 12.9. The number of para-hydroxylation sites is 1. The van der Waals surface area contributed by atoms with Crippen molar-refractivity contribution in [2.24, 2.45) is 0 Å². The maximum atomic E-state index is 12.9. The molecule has 7 heteroatoms. The average molecular weight is 520 g/mol. The van der Waals surface area contributed by atoms with Gasteiger partial charge in [-0.1, -0.05) is 61.0 Å². The lowest BCUT2D eigenvalue weighted by Gasteiger charge is -2.27. The topological polar surface area (TPSA) is 69.7 Å². The normalized spacial score (nSPS) is 14.4. The van der Waals surface area contributed by atoms with Crippen molar-refractivity contribution in [2.45, 2.75) is 52.7 Å². The van der Waals surface area contributed by atoms with Crippen molar-refractivity contribution >= 4 is 21.6 Å². The summed E-state index contributed by atoms with van der Waals surface area (Å²) < 4.78 is 26.7. The first-order valence-corrected chi connectivity index (χ1v) is 14.8. The summed E-state index contributed by atoms with van der Waals surface area (Å²) in [5, 5.41) is 3.05. The molecule has 0 saturated carbocycles. The van der Waals surface area contributed by atoms with Gasteiger partial charge in [0.1, 0.15) is 0 Å². The molecule has 4 rings (SSSR count). The predicted octanol–water partition coefficient (Wildman–Crippen LogP) is 5.19. The summed E-state index contributed by atoms with van der Waals surface area (Å²) in [5.41, 5.74) is 6.27. The number of hydrogen-bond donors (Lipinski definition) is 1. The molecule has 1 amide bonds. The maximum Gasteiger partial charge on any atom is 0.251 e. The van der Waals surface area contributed by atoms with E-state index in [0.29, 0.717) is 17.8 Å². The van der Waals surface area contributed by atoms with Crippen LogP contribution in [-0.4, -0.2) is 38.6 Å². The van der Waals surface area contributed by atoms with Gasteiger partial charge in [0.05, 0.1) is 18.5 Å². The Morgan fingerprint density at radius 3 is 2.11 bits per heavy atom. The van der Waals surface area contributed by atoms with Crippen LogP contribution in [0.4, 0.5) is 5.69 Å². The minimum atomic E-state index is -3.49. The summed E-state index contributed by atoms with van der Waals surface area (Å²) in [6.07, 6.45) is 5.04. The van der Waals surface area contributed by atoms with Gasteiger partial charge in [-0.05, 0) is 79.7 Å². The Hall–Kier alpha value is -3.16. The van der Waals surface area contributed by atoms with E-state index in [-0.39, 0.29) is 12.5 Å². The molecule has 1 fully saturated rings. The molecule has 0 bridgehead atoms. The zero-order chi connectivity index (χ0) is 26.4. The maximum absolute atomic E-state index is 12.9. The highest BCUT2D eigenvalue weighted by Gasteiger charge is 2.21. The van der Waals surface area contributed by atoms with Crippen LogP contribution in [0.1, 0.15) is 57.4 Å². The van der Waals surface area contributed by atoms with E-state index in [2.05, 4.69) is 28.4 Å². The number of aryl methyl sites for hydroxylation is 2. The van der Waals surface area contributed by atoms with Gasteiger partial charge in [0.15, 0.2) is 0 Å². The molecule has 0 atom stereocenters. The smallest absolute Gasteiger partial charge is 0.251 e. The van der Waals surface area contributed by atoms with Crippen LogP contribution in [0.25, 0.3) is 0 Å². The first kappa shape index (κ1) is 26.9. The molecular weight excluding hydrogens is 482 g/mol. The van der Waals surface area contributed by atoms with E-state index in [4.69, 9.17) is 0 Å². The van der Waals surface area contributed by atoms with E-state index in [1.54, 1.807) is 12.1 Å². The SMILES string of the molecule is Cc1cccc(C)c1N(Cc1ccc(C(=O)NCc2ccccc2CN2CCCCC2)cc1)S(C)(=O)=O. The van der Waals surface area contributed by atoms with E-state index in [0.717, 1.165) is 41.9 Å². The quantitative estimate of drug-likeness (QED) is 0.423. The zero-order valence-electron chi connectivity index (χ0n) is 22.0. The van der Waals surface area contributed by atoms with Crippen LogP contribution in [0.5, 0.6) is 0 Å². The number of rotatable bonds is 9. The number of carbonyl (C=O) groups is 1. The van der Waals surface area contributed by atoms with E-state index < -0.39 is 10.0 Å². The summed E-state index contributed by atoms with van der Waals surface area (Å²) in [5.74, 6) is -0.144. The number of nitrogens with zero attached hydrogens (tertiary/aromatic N) is 2. The monoisotopic (exact) mass is 519 g/mol. The van der Waals surface area contributed by atoms with Crippen molar-refractivity contribution in [1.82, 2.24) is 10.2 Å². The van der Waals surface area contributed by atoms with Crippen LogP contribution in [0, 0.1) is 13.8 Å². The van der Waals surface area contributed by atoms with Gasteiger partial charge in [0.2, 0.25) is 10.0 Å². The minimum absolute atomic E-state index is 0.144. The van der Waals surface area contributed by atoms with Crippen molar-refractivity contribution in [3.05, 3.63) is 100 Å². The van der Waals surface area contributed by atoms with Crippen molar-refractivity contribution in [3.63, 3.8) is 0 Å². The van der Waals surface area contributed by atoms with E-state index in [1.807, 2.05) is 50.2 Å². The second-order valence-corrected chi connectivity index (χ2v) is 11.9. The summed E-state index contributed by atoms with van der Waals surface area (Å²) in [4.78, 5) is 15.4. The predicted molar refractivity (Wildman–Crippen MR) is 150 cm³/mol. The van der Waals surface area contributed by atoms with Crippen molar-refractivity contribution in [3.8, 4) is 0 Å². The number of piperidine rings is 1. The van der Waals surface area contributed by atoms with Crippen molar-refractivity contribution in [1.29, 1.82) is 0 Å². The van der Waals surface area contributed by atoms with Crippen LogP contribution in [0.15, 0.2) is 66.7 Å². The van der Waals surface area contributed by atoms with Crippen LogP contribution in [0.2, 0.25) is 0 Å². The fourth-order valence-corrected chi connectivity index (χ4v) is 6.01. The van der Waals surface area contributed by atoms with Crippen LogP contribution >= 0.6 is 0 Å². The lowest BCUT2D eigenvalue weighted by molar-refractivity contribution is 0.0950. The highest BCUT2D eigenvalue weighted by atomic mass is 32.2. The van der Waals surface area contributed by atoms with Crippen molar-refractivity contribution in [2.75, 3.05) is 23.7 Å². The molecule has 1 aliphatic heterocycles. The fraction of sp³-hybridized carbons (Fsp3) is 0.367. The molecule has 0 aliphatic carbocycles. The number of likely N-dealkylation sites (tertiary alicyclic amines) is 1. The molecule has 37 heavy (non-hydrogen) atoms. The van der Waals surface area contributed by atoms with Gasteiger partial charge in [-0.15, -0.1) is 0 Å². The number of hydrogen-bond acceptors (Lipinski definition) is 4. The standard InChI is InChI=1S/C30H37N3O3S/c1-23-10-9-11-24(2)29(23)33(37(3,35)36)21-25-14-16-26(17-15-25)30(34)31-20-27-12-5-6-13-28(27)22-32-18-7-4-8-19-32/h5-6,9-17H,4,7-8,18-22H2,1-3H3,(H,31,34). The average Bonchev–Trinajstić information content (AvgIpc) is 2.88. The Morgan fingerprint density at radius 2 is 1.49 bits per heavy atom. The number of sulfonamides is 1. The molecule has 1 saturated heterocycles. The number of benzene rings is 3. The summed E-state index contributed by atoms with van der Waals surface area (Å²) >= 11 is 0. The third-order valence-electron chi connectivity index (χ3n) is 7.03. The van der Waals surface area contributed by atoms with E-state index in [1.165, 1.54) is 35.4 Å². The van der Waals surface area contributed by atoms with Crippen LogP contribution in [0.3, 0.4) is 0 Å². The fourth-order valence-electron chi connectivity index (χ4n) is 5.01. The van der Waals surface area contributed by atoms with Gasteiger partial charge in [-0.2, -0.15) is 0 Å². The van der Waals surface area contributed by atoms with Gasteiger partial charge in [0, 0.05) is 18.7 Å². The number of nitrogens with one attached hydrogen (secondary N) is 1. The van der Waals surface area contributed by atoms with Gasteiger partial charge in [0.25, 0.3) is 5.91 Å². The molecule has 0 unspecified atom stereocenters. The summed E-state index contributed by atoms with van der Waals surface area (Å²) in [7, 11) is -3.49. The Labute approximate surface area is 221 Å². The second kappa shape index (κ2) is 11.9. The van der Waals surface area contributed by atoms with Gasteiger partial charge < -0.3 is 5.32 Å². The zero-order valence-corrected chi connectivity index (χ0v) is 22.9. The highest BCUT2D eigenvalue weighted by Crippen LogP contribution is 2.28. The first-order chi connectivity index (χ1) is 17.7. The number of amides is 1. The Bertz CT molecular complexity index is 1310. The van der Waals surface area contributed by atoms with Crippen LogP contribution < -0.4 is 9.62 Å².